The number of hydrogen-bond acceptors (Lipinski definition) is 2. The van der Waals surface area contributed by atoms with Crippen molar-refractivity contribution in [1.82, 2.24) is 5.32 Å². The second kappa shape index (κ2) is 8.22. The number of methoxy groups -OCH3 is 1. The van der Waals surface area contributed by atoms with Gasteiger partial charge in [-0.25, -0.2) is 4.39 Å². The summed E-state index contributed by atoms with van der Waals surface area (Å²) in [6.45, 7) is 2.58. The molecule has 1 aromatic carbocycles. The highest BCUT2D eigenvalue weighted by molar-refractivity contribution is 5.30. The predicted molar refractivity (Wildman–Crippen MR) is 73.9 cm³/mol. The lowest BCUT2D eigenvalue weighted by Gasteiger charge is -2.20. The number of ether oxygens (including phenoxy) is 1. The van der Waals surface area contributed by atoms with E-state index in [1.165, 1.54) is 13.2 Å². The Balaban J connectivity index is 2.76. The van der Waals surface area contributed by atoms with E-state index in [-0.39, 0.29) is 12.8 Å². The van der Waals surface area contributed by atoms with Gasteiger partial charge >= 0.3 is 6.18 Å². The van der Waals surface area contributed by atoms with Crippen molar-refractivity contribution in [2.45, 2.75) is 44.8 Å². The third-order valence-corrected chi connectivity index (χ3v) is 3.18. The first-order chi connectivity index (χ1) is 9.87. The highest BCUT2D eigenvalue weighted by atomic mass is 19.4. The molecule has 6 heteroatoms. The number of alkyl halides is 3. The van der Waals surface area contributed by atoms with Gasteiger partial charge in [0.25, 0.3) is 0 Å². The van der Waals surface area contributed by atoms with Crippen LogP contribution in [0.3, 0.4) is 0 Å². The van der Waals surface area contributed by atoms with E-state index in [1.807, 2.05) is 6.92 Å². The Morgan fingerprint density at radius 1 is 1.29 bits per heavy atom. The van der Waals surface area contributed by atoms with Gasteiger partial charge in [0.1, 0.15) is 11.6 Å². The molecule has 1 rings (SSSR count). The van der Waals surface area contributed by atoms with Crippen LogP contribution in [-0.4, -0.2) is 19.8 Å². The Kier molecular flexibility index (Phi) is 6.95. The quantitative estimate of drug-likeness (QED) is 0.708. The van der Waals surface area contributed by atoms with E-state index in [4.69, 9.17) is 4.74 Å². The molecule has 0 bridgehead atoms. The van der Waals surface area contributed by atoms with Gasteiger partial charge in [-0.05, 0) is 31.9 Å². The van der Waals surface area contributed by atoms with Crippen LogP contribution >= 0.6 is 0 Å². The Morgan fingerprint density at radius 2 is 2.00 bits per heavy atom. The van der Waals surface area contributed by atoms with Crippen LogP contribution in [-0.2, 0) is 0 Å². The second-order valence-corrected chi connectivity index (χ2v) is 4.90. The Labute approximate surface area is 122 Å². The van der Waals surface area contributed by atoms with E-state index in [2.05, 4.69) is 5.32 Å². The van der Waals surface area contributed by atoms with Crippen LogP contribution in [0.1, 0.15) is 44.2 Å². The first-order valence-corrected chi connectivity index (χ1v) is 7.01. The summed E-state index contributed by atoms with van der Waals surface area (Å²) in [6, 6.07) is 4.01. The maximum atomic E-state index is 14.0. The van der Waals surface area contributed by atoms with Crippen LogP contribution in [0.5, 0.6) is 5.75 Å². The van der Waals surface area contributed by atoms with Crippen molar-refractivity contribution in [2.24, 2.45) is 0 Å². The third-order valence-electron chi connectivity index (χ3n) is 3.18. The average Bonchev–Trinajstić information content (AvgIpc) is 2.41. The summed E-state index contributed by atoms with van der Waals surface area (Å²) in [5.41, 5.74) is 0.381. The van der Waals surface area contributed by atoms with Crippen molar-refractivity contribution in [1.29, 1.82) is 0 Å². The van der Waals surface area contributed by atoms with Gasteiger partial charge in [-0.3, -0.25) is 0 Å². The summed E-state index contributed by atoms with van der Waals surface area (Å²) in [7, 11) is 1.44. The zero-order valence-corrected chi connectivity index (χ0v) is 12.3. The van der Waals surface area contributed by atoms with Crippen LogP contribution in [0.15, 0.2) is 18.2 Å². The van der Waals surface area contributed by atoms with Crippen LogP contribution < -0.4 is 10.1 Å². The Hall–Kier alpha value is -1.30. The molecule has 21 heavy (non-hydrogen) atoms. The van der Waals surface area contributed by atoms with E-state index < -0.39 is 24.5 Å². The number of rotatable bonds is 8. The summed E-state index contributed by atoms with van der Waals surface area (Å²) in [5, 5.41) is 3.10. The maximum Gasteiger partial charge on any atom is 0.389 e. The van der Waals surface area contributed by atoms with Gasteiger partial charge in [-0.15, -0.1) is 0 Å². The minimum Gasteiger partial charge on any atom is -0.497 e. The van der Waals surface area contributed by atoms with Crippen LogP contribution in [0.25, 0.3) is 0 Å². The largest absolute Gasteiger partial charge is 0.497 e. The van der Waals surface area contributed by atoms with Crippen LogP contribution in [0, 0.1) is 5.82 Å². The van der Waals surface area contributed by atoms with Crippen molar-refractivity contribution >= 4 is 0 Å². The van der Waals surface area contributed by atoms with Crippen LogP contribution in [0.2, 0.25) is 0 Å². The third kappa shape index (κ3) is 6.33. The highest BCUT2D eigenvalue weighted by Crippen LogP contribution is 2.28. The molecular weight excluding hydrogens is 286 g/mol. The topological polar surface area (TPSA) is 21.3 Å². The molecule has 0 aliphatic heterocycles. The zero-order valence-electron chi connectivity index (χ0n) is 12.3. The smallest absolute Gasteiger partial charge is 0.389 e. The van der Waals surface area contributed by atoms with E-state index in [9.17, 15) is 17.6 Å². The summed E-state index contributed by atoms with van der Waals surface area (Å²) in [5.74, 6) is -0.0734. The van der Waals surface area contributed by atoms with E-state index in [1.54, 1.807) is 12.1 Å². The second-order valence-electron chi connectivity index (χ2n) is 4.90. The van der Waals surface area contributed by atoms with E-state index in [0.29, 0.717) is 17.9 Å². The van der Waals surface area contributed by atoms with Gasteiger partial charge in [0.15, 0.2) is 0 Å². The molecule has 1 atom stereocenters. The van der Waals surface area contributed by atoms with Gasteiger partial charge < -0.3 is 10.1 Å². The van der Waals surface area contributed by atoms with E-state index in [0.717, 1.165) is 6.42 Å². The molecule has 2 nitrogen and oxygen atoms in total. The number of nitrogens with one attached hydrogen (secondary N) is 1. The summed E-state index contributed by atoms with van der Waals surface area (Å²) in [6.07, 6.45) is -3.99. The lowest BCUT2D eigenvalue weighted by atomic mass is 10.00. The monoisotopic (exact) mass is 307 g/mol. The fourth-order valence-corrected chi connectivity index (χ4v) is 2.11. The van der Waals surface area contributed by atoms with Crippen molar-refractivity contribution in [3.05, 3.63) is 29.6 Å². The molecule has 1 N–H and O–H groups in total. The van der Waals surface area contributed by atoms with Crippen molar-refractivity contribution < 1.29 is 22.3 Å². The van der Waals surface area contributed by atoms with Gasteiger partial charge in [0.2, 0.25) is 0 Å². The molecule has 0 fully saturated rings. The fourth-order valence-electron chi connectivity index (χ4n) is 2.11. The first kappa shape index (κ1) is 17.8. The molecule has 0 aliphatic rings. The summed E-state index contributed by atoms with van der Waals surface area (Å²) in [4.78, 5) is 0. The van der Waals surface area contributed by atoms with Crippen molar-refractivity contribution in [3.8, 4) is 5.75 Å². The predicted octanol–water partition coefficient (Wildman–Crippen LogP) is 4.61. The van der Waals surface area contributed by atoms with Gasteiger partial charge in [-0.2, -0.15) is 13.2 Å². The fraction of sp³-hybridized carbons (Fsp3) is 0.600. The minimum absolute atomic E-state index is 0.0314. The lowest BCUT2D eigenvalue weighted by molar-refractivity contribution is -0.135. The Bertz CT molecular complexity index is 434. The Morgan fingerprint density at radius 3 is 2.52 bits per heavy atom. The molecular formula is C15H21F4NO. The SMILES string of the molecule is CCCNC(CCCC(F)(F)F)c1ccc(OC)cc1F. The standard InChI is InChI=1S/C15H21F4NO/c1-3-9-20-14(5-4-8-15(17,18)19)12-7-6-11(21-2)10-13(12)16/h6-7,10,14,20H,3-5,8-9H2,1-2H3. The molecule has 0 spiro atoms. The highest BCUT2D eigenvalue weighted by Gasteiger charge is 2.27. The molecule has 0 aliphatic carbocycles. The molecule has 0 aromatic heterocycles. The molecule has 1 aromatic rings. The summed E-state index contributed by atoms with van der Waals surface area (Å²) >= 11 is 0. The number of halogens is 4. The van der Waals surface area contributed by atoms with Gasteiger partial charge in [0.05, 0.1) is 7.11 Å². The molecule has 0 radical (unpaired) electrons. The number of benzene rings is 1. The molecule has 0 amide bonds. The molecule has 1 unspecified atom stereocenters. The molecule has 0 heterocycles. The zero-order chi connectivity index (χ0) is 15.9. The average molecular weight is 307 g/mol. The summed E-state index contributed by atoms with van der Waals surface area (Å²) < 4.78 is 55.6. The van der Waals surface area contributed by atoms with Gasteiger partial charge in [-0.1, -0.05) is 13.0 Å². The van der Waals surface area contributed by atoms with Gasteiger partial charge in [0, 0.05) is 24.1 Å². The van der Waals surface area contributed by atoms with Crippen LogP contribution in [0.4, 0.5) is 17.6 Å². The first-order valence-electron chi connectivity index (χ1n) is 7.01. The van der Waals surface area contributed by atoms with Crippen molar-refractivity contribution in [3.63, 3.8) is 0 Å². The molecule has 120 valence electrons. The normalized spacial score (nSPS) is 13.2. The van der Waals surface area contributed by atoms with Crippen molar-refractivity contribution in [2.75, 3.05) is 13.7 Å². The molecule has 0 saturated carbocycles. The molecule has 0 saturated heterocycles. The minimum atomic E-state index is -4.17. The maximum absolute atomic E-state index is 14.0. The lowest BCUT2D eigenvalue weighted by Crippen LogP contribution is -2.23. The number of hydrogen-bond donors (Lipinski definition) is 1. The van der Waals surface area contributed by atoms with E-state index >= 15 is 0 Å².